The molecular weight excluding hydrogens is 606 g/mol. The van der Waals surface area contributed by atoms with Crippen LogP contribution in [-0.2, 0) is 22.5 Å². The third-order valence-corrected chi connectivity index (χ3v) is 9.53. The highest BCUT2D eigenvalue weighted by atomic mass is 16.5. The van der Waals surface area contributed by atoms with E-state index in [2.05, 4.69) is 19.2 Å². The van der Waals surface area contributed by atoms with Gasteiger partial charge < -0.3 is 25.0 Å². The summed E-state index contributed by atoms with van der Waals surface area (Å²) in [6.45, 7) is 7.53. The molecule has 2 heterocycles. The number of aliphatic hydroxyl groups excluding tert-OH is 1. The predicted octanol–water partition coefficient (Wildman–Crippen LogP) is 6.07. The first-order valence-corrected chi connectivity index (χ1v) is 17.7. The Hall–Kier alpha value is -4.02. The zero-order valence-electron chi connectivity index (χ0n) is 28.7. The van der Waals surface area contributed by atoms with Crippen LogP contribution >= 0.6 is 0 Å². The number of aryl methyl sites for hydroxylation is 1. The van der Waals surface area contributed by atoms with Gasteiger partial charge >= 0.3 is 0 Å². The summed E-state index contributed by atoms with van der Waals surface area (Å²) < 4.78 is 7.53. The molecular formula is C38H51N5O5. The quantitative estimate of drug-likeness (QED) is 0.217. The van der Waals surface area contributed by atoms with Crippen LogP contribution in [0.1, 0.15) is 109 Å². The standard InChI is InChI=1S/C38H51N5O5/c1-4-6-19-41(20-7-5-2)38(47)34-21-27(3)43(40-34)35-18-17-30(39-36(45)26-48-32-15-9-8-10-16-32)23-33(35)37(46)42-24-29-14-12-11-13-28(29)22-31(42)25-44/h11-14,17-18,21,23,31-32,44H,4-10,15-16,19-20,22,24-26H2,1-3H3,(H,39,45)/t31-/m0/s1. The van der Waals surface area contributed by atoms with Crippen LogP contribution in [0.5, 0.6) is 0 Å². The Morgan fingerprint density at radius 1 is 0.979 bits per heavy atom. The van der Waals surface area contributed by atoms with E-state index in [9.17, 15) is 19.5 Å². The Kier molecular flexibility index (Phi) is 12.4. The molecule has 10 nitrogen and oxygen atoms in total. The highest BCUT2D eigenvalue weighted by molar-refractivity contribution is 6.01. The SMILES string of the molecule is CCCCN(CCCC)C(=O)c1cc(C)n(-c2ccc(NC(=O)COC3CCCCC3)cc2C(=O)N2Cc3ccccc3C[C@H]2CO)n1. The third kappa shape index (κ3) is 8.52. The van der Waals surface area contributed by atoms with Crippen LogP contribution in [-0.4, -0.2) is 80.9 Å². The van der Waals surface area contributed by atoms with Crippen LogP contribution in [0, 0.1) is 6.92 Å². The predicted molar refractivity (Wildman–Crippen MR) is 186 cm³/mol. The Balaban J connectivity index is 1.46. The van der Waals surface area contributed by atoms with Crippen LogP contribution in [0.3, 0.4) is 0 Å². The van der Waals surface area contributed by atoms with Crippen molar-refractivity contribution in [3.8, 4) is 5.69 Å². The Bertz CT molecular complexity index is 1550. The fraction of sp³-hybridized carbons (Fsp3) is 0.526. The van der Waals surface area contributed by atoms with Gasteiger partial charge in [-0.25, -0.2) is 4.68 Å². The highest BCUT2D eigenvalue weighted by Gasteiger charge is 2.32. The molecule has 3 amide bonds. The number of hydrogen-bond donors (Lipinski definition) is 2. The monoisotopic (exact) mass is 657 g/mol. The Morgan fingerprint density at radius 3 is 2.38 bits per heavy atom. The smallest absolute Gasteiger partial charge is 0.274 e. The molecule has 258 valence electrons. The van der Waals surface area contributed by atoms with Crippen molar-refractivity contribution in [3.05, 3.63) is 76.6 Å². The van der Waals surface area contributed by atoms with Gasteiger partial charge in [-0.1, -0.05) is 70.2 Å². The summed E-state index contributed by atoms with van der Waals surface area (Å²) >= 11 is 0. The van der Waals surface area contributed by atoms with Crippen LogP contribution < -0.4 is 5.32 Å². The minimum Gasteiger partial charge on any atom is -0.394 e. The number of nitrogens with one attached hydrogen (secondary N) is 1. The molecule has 1 aliphatic carbocycles. The molecule has 1 atom stereocenters. The maximum Gasteiger partial charge on any atom is 0.274 e. The molecule has 0 radical (unpaired) electrons. The highest BCUT2D eigenvalue weighted by Crippen LogP contribution is 2.29. The number of carbonyl (C=O) groups is 3. The van der Waals surface area contributed by atoms with Crippen LogP contribution in [0.25, 0.3) is 5.69 Å². The molecule has 0 bridgehead atoms. The van der Waals surface area contributed by atoms with Crippen LogP contribution in [0.2, 0.25) is 0 Å². The minimum atomic E-state index is -0.413. The molecule has 2 aromatic carbocycles. The van der Waals surface area contributed by atoms with E-state index in [-0.39, 0.29) is 37.0 Å². The molecule has 2 aliphatic rings. The molecule has 3 aromatic rings. The minimum absolute atomic E-state index is 0.0541. The lowest BCUT2D eigenvalue weighted by Gasteiger charge is -2.36. The van der Waals surface area contributed by atoms with E-state index < -0.39 is 6.04 Å². The Labute approximate surface area is 284 Å². The molecule has 10 heteroatoms. The van der Waals surface area contributed by atoms with Crippen molar-refractivity contribution < 1.29 is 24.2 Å². The fourth-order valence-electron chi connectivity index (χ4n) is 6.73. The van der Waals surface area contributed by atoms with Crippen molar-refractivity contribution >= 4 is 23.4 Å². The molecule has 1 aromatic heterocycles. The summed E-state index contributed by atoms with van der Waals surface area (Å²) in [6, 6.07) is 14.5. The number of hydrogen-bond acceptors (Lipinski definition) is 6. The maximum atomic E-state index is 14.5. The van der Waals surface area contributed by atoms with Gasteiger partial charge in [0.05, 0.1) is 30.0 Å². The molecule has 0 unspecified atom stereocenters. The van der Waals surface area contributed by atoms with Gasteiger partial charge in [-0.05, 0) is 74.4 Å². The van der Waals surface area contributed by atoms with Crippen LogP contribution in [0.4, 0.5) is 5.69 Å². The number of aliphatic hydroxyl groups is 1. The van der Waals surface area contributed by atoms with Crippen molar-refractivity contribution in [1.82, 2.24) is 19.6 Å². The second kappa shape index (κ2) is 16.9. The summed E-state index contributed by atoms with van der Waals surface area (Å²) in [4.78, 5) is 44.7. The van der Waals surface area contributed by atoms with E-state index in [0.717, 1.165) is 62.5 Å². The first-order valence-electron chi connectivity index (χ1n) is 17.7. The molecule has 1 fully saturated rings. The van der Waals surface area contributed by atoms with Gasteiger partial charge in [0.1, 0.15) is 6.61 Å². The largest absolute Gasteiger partial charge is 0.394 e. The van der Waals surface area contributed by atoms with Gasteiger partial charge in [0.25, 0.3) is 11.8 Å². The molecule has 0 spiro atoms. The number of benzene rings is 2. The van der Waals surface area contributed by atoms with E-state index in [4.69, 9.17) is 9.84 Å². The molecule has 2 N–H and O–H groups in total. The summed E-state index contributed by atoms with van der Waals surface area (Å²) in [6.07, 6.45) is 9.80. The molecule has 48 heavy (non-hydrogen) atoms. The van der Waals surface area contributed by atoms with Gasteiger partial charge in [0.2, 0.25) is 5.91 Å². The van der Waals surface area contributed by atoms with Gasteiger partial charge in [-0.15, -0.1) is 0 Å². The van der Waals surface area contributed by atoms with E-state index >= 15 is 0 Å². The number of carbonyl (C=O) groups excluding carboxylic acids is 3. The second-order valence-electron chi connectivity index (χ2n) is 13.2. The van der Waals surface area contributed by atoms with Gasteiger partial charge in [-0.2, -0.15) is 5.10 Å². The number of anilines is 1. The normalized spacial score (nSPS) is 16.4. The number of amides is 3. The van der Waals surface area contributed by atoms with Crippen molar-refractivity contribution in [2.75, 3.05) is 31.6 Å². The zero-order valence-corrected chi connectivity index (χ0v) is 28.7. The van der Waals surface area contributed by atoms with Crippen molar-refractivity contribution in [2.45, 2.75) is 104 Å². The lowest BCUT2D eigenvalue weighted by Crippen LogP contribution is -2.46. The van der Waals surface area contributed by atoms with Gasteiger partial charge in [-0.3, -0.25) is 14.4 Å². The summed E-state index contributed by atoms with van der Waals surface area (Å²) in [5.41, 5.74) is 4.46. The summed E-state index contributed by atoms with van der Waals surface area (Å²) in [7, 11) is 0. The fourth-order valence-corrected chi connectivity index (χ4v) is 6.73. The summed E-state index contributed by atoms with van der Waals surface area (Å²) in [5, 5.41) is 18.0. The van der Waals surface area contributed by atoms with E-state index in [1.165, 1.54) is 6.42 Å². The number of aromatic nitrogens is 2. The van der Waals surface area contributed by atoms with Crippen molar-refractivity contribution in [3.63, 3.8) is 0 Å². The average molecular weight is 658 g/mol. The Morgan fingerprint density at radius 2 is 1.69 bits per heavy atom. The lowest BCUT2D eigenvalue weighted by molar-refractivity contribution is -0.123. The topological polar surface area (TPSA) is 117 Å². The number of ether oxygens (including phenoxy) is 1. The molecule has 1 saturated carbocycles. The first kappa shape index (κ1) is 35.3. The second-order valence-corrected chi connectivity index (χ2v) is 13.2. The summed E-state index contributed by atoms with van der Waals surface area (Å²) in [5.74, 6) is -0.695. The zero-order chi connectivity index (χ0) is 34.0. The van der Waals surface area contributed by atoms with E-state index in [1.54, 1.807) is 33.8 Å². The van der Waals surface area contributed by atoms with E-state index in [0.29, 0.717) is 54.4 Å². The van der Waals surface area contributed by atoms with Crippen molar-refractivity contribution in [1.29, 1.82) is 0 Å². The number of unbranched alkanes of at least 4 members (excludes halogenated alkanes) is 2. The lowest BCUT2D eigenvalue weighted by atomic mass is 9.93. The van der Waals surface area contributed by atoms with Gasteiger partial charge in [0.15, 0.2) is 5.69 Å². The maximum absolute atomic E-state index is 14.5. The number of fused-ring (bicyclic) bond motifs is 1. The van der Waals surface area contributed by atoms with Crippen molar-refractivity contribution in [2.24, 2.45) is 0 Å². The molecule has 0 saturated heterocycles. The number of rotatable bonds is 14. The first-order chi connectivity index (χ1) is 23.3. The van der Waals surface area contributed by atoms with Gasteiger partial charge in [0, 0.05) is 31.0 Å². The number of nitrogens with zero attached hydrogens (tertiary/aromatic N) is 4. The third-order valence-electron chi connectivity index (χ3n) is 9.53. The van der Waals surface area contributed by atoms with E-state index in [1.807, 2.05) is 36.1 Å². The molecule has 5 rings (SSSR count). The van der Waals surface area contributed by atoms with Crippen LogP contribution in [0.15, 0.2) is 48.5 Å². The average Bonchev–Trinajstić information content (AvgIpc) is 3.51. The molecule has 1 aliphatic heterocycles.